The molecule has 0 spiro atoms. The van der Waals surface area contributed by atoms with Gasteiger partial charge in [-0.05, 0) is 36.5 Å². The van der Waals surface area contributed by atoms with Crippen molar-refractivity contribution in [3.05, 3.63) is 29.6 Å². The van der Waals surface area contributed by atoms with Crippen molar-refractivity contribution in [2.24, 2.45) is 11.8 Å². The Hall–Kier alpha value is -0.930. The molecule has 17 heavy (non-hydrogen) atoms. The van der Waals surface area contributed by atoms with Gasteiger partial charge in [0.1, 0.15) is 0 Å². The molecule has 0 aromatic carbocycles. The van der Waals surface area contributed by atoms with Crippen LogP contribution in [0.5, 0.6) is 0 Å². The maximum absolute atomic E-state index is 5.74. The lowest BCUT2D eigenvalue weighted by Crippen LogP contribution is -2.34. The summed E-state index contributed by atoms with van der Waals surface area (Å²) in [5.41, 5.74) is 5.48. The smallest absolute Gasteiger partial charge is 0.0505 e. The van der Waals surface area contributed by atoms with Gasteiger partial charge in [-0.1, -0.05) is 33.1 Å². The molecule has 1 rings (SSSR count). The monoisotopic (exact) mass is 235 g/mol. The number of nitrogens with two attached hydrogens (primary N) is 1. The van der Waals surface area contributed by atoms with Gasteiger partial charge < -0.3 is 0 Å². The summed E-state index contributed by atoms with van der Waals surface area (Å²) in [7, 11) is 0. The predicted molar refractivity (Wildman–Crippen MR) is 72.3 cm³/mol. The second kappa shape index (κ2) is 7.41. The van der Waals surface area contributed by atoms with Crippen LogP contribution in [0.15, 0.2) is 18.5 Å². The Morgan fingerprint density at radius 3 is 2.71 bits per heavy atom. The average molecular weight is 235 g/mol. The fourth-order valence-electron chi connectivity index (χ4n) is 2.35. The first-order chi connectivity index (χ1) is 8.24. The van der Waals surface area contributed by atoms with Gasteiger partial charge in [0.2, 0.25) is 0 Å². The van der Waals surface area contributed by atoms with E-state index < -0.39 is 0 Å². The Balaban J connectivity index is 2.85. The zero-order valence-electron chi connectivity index (χ0n) is 11.2. The average Bonchev–Trinajstić information content (AvgIpc) is 2.36. The van der Waals surface area contributed by atoms with Gasteiger partial charge in [0.05, 0.1) is 6.04 Å². The highest BCUT2D eigenvalue weighted by molar-refractivity contribution is 5.25. The standard InChI is InChI=1S/C14H25N3/c1-4-6-7-12(5-2)14(17-15)13-10-16-9-8-11(13)3/h8-10,12,14,17H,4-7,15H2,1-3H3. The molecule has 1 aromatic heterocycles. The molecule has 0 saturated heterocycles. The summed E-state index contributed by atoms with van der Waals surface area (Å²) >= 11 is 0. The van der Waals surface area contributed by atoms with Crippen molar-refractivity contribution in [1.82, 2.24) is 10.4 Å². The van der Waals surface area contributed by atoms with Crippen molar-refractivity contribution in [1.29, 1.82) is 0 Å². The summed E-state index contributed by atoms with van der Waals surface area (Å²) in [5, 5.41) is 0. The largest absolute Gasteiger partial charge is 0.271 e. The van der Waals surface area contributed by atoms with Crippen molar-refractivity contribution in [2.45, 2.75) is 52.5 Å². The molecule has 0 bridgehead atoms. The quantitative estimate of drug-likeness (QED) is 0.564. The minimum Gasteiger partial charge on any atom is -0.271 e. The van der Waals surface area contributed by atoms with E-state index in [-0.39, 0.29) is 6.04 Å². The number of nitrogens with one attached hydrogen (secondary N) is 1. The first kappa shape index (κ1) is 14.1. The lowest BCUT2D eigenvalue weighted by atomic mass is 9.86. The second-order valence-electron chi connectivity index (χ2n) is 4.69. The van der Waals surface area contributed by atoms with Gasteiger partial charge in [-0.3, -0.25) is 16.3 Å². The number of unbranched alkanes of at least 4 members (excludes halogenated alkanes) is 1. The third-order valence-corrected chi connectivity index (χ3v) is 3.52. The van der Waals surface area contributed by atoms with E-state index in [2.05, 4.69) is 31.2 Å². The van der Waals surface area contributed by atoms with E-state index in [0.717, 1.165) is 6.42 Å². The van der Waals surface area contributed by atoms with Crippen LogP contribution in [-0.4, -0.2) is 4.98 Å². The van der Waals surface area contributed by atoms with Gasteiger partial charge in [0.15, 0.2) is 0 Å². The summed E-state index contributed by atoms with van der Waals surface area (Å²) in [6, 6.07) is 2.27. The Morgan fingerprint density at radius 1 is 1.41 bits per heavy atom. The number of hydrogen-bond donors (Lipinski definition) is 2. The molecule has 0 fully saturated rings. The van der Waals surface area contributed by atoms with Crippen LogP contribution in [0.25, 0.3) is 0 Å². The molecule has 3 heteroatoms. The Kier molecular flexibility index (Phi) is 6.16. The second-order valence-corrected chi connectivity index (χ2v) is 4.69. The number of aromatic nitrogens is 1. The van der Waals surface area contributed by atoms with Gasteiger partial charge in [-0.25, -0.2) is 0 Å². The highest BCUT2D eigenvalue weighted by atomic mass is 15.2. The number of pyridine rings is 1. The van der Waals surface area contributed by atoms with Crippen LogP contribution in [0, 0.1) is 12.8 Å². The lowest BCUT2D eigenvalue weighted by Gasteiger charge is -2.27. The van der Waals surface area contributed by atoms with Crippen molar-refractivity contribution in [3.8, 4) is 0 Å². The third kappa shape index (κ3) is 3.79. The van der Waals surface area contributed by atoms with E-state index in [4.69, 9.17) is 5.84 Å². The number of hydrazine groups is 1. The number of aryl methyl sites for hydroxylation is 1. The minimum absolute atomic E-state index is 0.222. The van der Waals surface area contributed by atoms with Crippen molar-refractivity contribution >= 4 is 0 Å². The molecule has 0 radical (unpaired) electrons. The topological polar surface area (TPSA) is 50.9 Å². The predicted octanol–water partition coefficient (Wildman–Crippen LogP) is 3.11. The summed E-state index contributed by atoms with van der Waals surface area (Å²) in [5.74, 6) is 6.33. The van der Waals surface area contributed by atoms with E-state index in [1.165, 1.54) is 30.4 Å². The van der Waals surface area contributed by atoms with Gasteiger partial charge >= 0.3 is 0 Å². The molecule has 0 aliphatic carbocycles. The third-order valence-electron chi connectivity index (χ3n) is 3.52. The first-order valence-electron chi connectivity index (χ1n) is 6.61. The van der Waals surface area contributed by atoms with E-state index in [1.807, 2.05) is 18.5 Å². The molecule has 3 N–H and O–H groups in total. The van der Waals surface area contributed by atoms with Crippen molar-refractivity contribution in [2.75, 3.05) is 0 Å². The molecule has 0 aliphatic heterocycles. The molecule has 0 amide bonds. The molecule has 2 unspecified atom stereocenters. The lowest BCUT2D eigenvalue weighted by molar-refractivity contribution is 0.325. The van der Waals surface area contributed by atoms with Crippen molar-refractivity contribution in [3.63, 3.8) is 0 Å². The van der Waals surface area contributed by atoms with Crippen LogP contribution in [0.1, 0.15) is 56.7 Å². The normalized spacial score (nSPS) is 14.6. The maximum Gasteiger partial charge on any atom is 0.0505 e. The van der Waals surface area contributed by atoms with Crippen LogP contribution in [0.2, 0.25) is 0 Å². The SMILES string of the molecule is CCCCC(CC)C(NN)c1cnccc1C. The summed E-state index contributed by atoms with van der Waals surface area (Å²) in [6.07, 6.45) is 8.63. The van der Waals surface area contributed by atoms with Crippen LogP contribution in [0.4, 0.5) is 0 Å². The minimum atomic E-state index is 0.222. The van der Waals surface area contributed by atoms with Crippen LogP contribution >= 0.6 is 0 Å². The molecular weight excluding hydrogens is 210 g/mol. The van der Waals surface area contributed by atoms with Crippen LogP contribution in [0.3, 0.4) is 0 Å². The van der Waals surface area contributed by atoms with Gasteiger partial charge in [-0.2, -0.15) is 0 Å². The fraction of sp³-hybridized carbons (Fsp3) is 0.643. The molecule has 3 nitrogen and oxygen atoms in total. The molecular formula is C14H25N3. The number of rotatable bonds is 7. The molecule has 1 heterocycles. The van der Waals surface area contributed by atoms with Crippen LogP contribution < -0.4 is 11.3 Å². The fourth-order valence-corrected chi connectivity index (χ4v) is 2.35. The van der Waals surface area contributed by atoms with Gasteiger partial charge in [0, 0.05) is 12.4 Å². The Bertz CT molecular complexity index is 325. The van der Waals surface area contributed by atoms with E-state index in [0.29, 0.717) is 5.92 Å². The molecule has 96 valence electrons. The molecule has 1 aromatic rings. The zero-order valence-corrected chi connectivity index (χ0v) is 11.2. The summed E-state index contributed by atoms with van der Waals surface area (Å²) in [4.78, 5) is 4.22. The van der Waals surface area contributed by atoms with Crippen LogP contribution in [-0.2, 0) is 0 Å². The van der Waals surface area contributed by atoms with E-state index in [9.17, 15) is 0 Å². The zero-order chi connectivity index (χ0) is 12.7. The first-order valence-corrected chi connectivity index (χ1v) is 6.61. The Labute approximate surface area is 105 Å². The molecule has 2 atom stereocenters. The molecule has 0 saturated carbocycles. The summed E-state index contributed by atoms with van der Waals surface area (Å²) < 4.78 is 0. The highest BCUT2D eigenvalue weighted by Crippen LogP contribution is 2.29. The molecule has 0 aliphatic rings. The summed E-state index contributed by atoms with van der Waals surface area (Å²) in [6.45, 7) is 6.58. The van der Waals surface area contributed by atoms with Gasteiger partial charge in [-0.15, -0.1) is 0 Å². The number of nitrogens with zero attached hydrogens (tertiary/aromatic N) is 1. The van der Waals surface area contributed by atoms with E-state index >= 15 is 0 Å². The van der Waals surface area contributed by atoms with Gasteiger partial charge in [0.25, 0.3) is 0 Å². The highest BCUT2D eigenvalue weighted by Gasteiger charge is 2.21. The van der Waals surface area contributed by atoms with E-state index in [1.54, 1.807) is 0 Å². The maximum atomic E-state index is 5.74. The number of hydrogen-bond acceptors (Lipinski definition) is 3. The van der Waals surface area contributed by atoms with Crippen molar-refractivity contribution < 1.29 is 0 Å². The Morgan fingerprint density at radius 2 is 2.18 bits per heavy atom.